The highest BCUT2D eigenvalue weighted by molar-refractivity contribution is 7.15. The van der Waals surface area contributed by atoms with Crippen LogP contribution in [0.4, 0.5) is 0 Å². The van der Waals surface area contributed by atoms with E-state index >= 15 is 0 Å². The molecule has 2 N–H and O–H groups in total. The Bertz CT molecular complexity index is 785. The number of aromatic nitrogens is 1. The second-order valence-electron chi connectivity index (χ2n) is 8.06. The molecule has 2 saturated heterocycles. The van der Waals surface area contributed by atoms with Gasteiger partial charge in [-0.15, -0.1) is 11.3 Å². The summed E-state index contributed by atoms with van der Waals surface area (Å²) >= 11 is 1.77. The van der Waals surface area contributed by atoms with E-state index in [0.717, 1.165) is 37.5 Å². The summed E-state index contributed by atoms with van der Waals surface area (Å²) in [5.74, 6) is 0. The minimum atomic E-state index is -0.972. The monoisotopic (exact) mass is 388 g/mol. The Hall–Kier alpha value is -1.31. The highest BCUT2D eigenvalue weighted by Crippen LogP contribution is 2.40. The molecule has 6 heteroatoms. The van der Waals surface area contributed by atoms with Crippen LogP contribution in [0.5, 0.6) is 0 Å². The molecule has 4 rings (SSSR count). The molecule has 1 atom stereocenters. The van der Waals surface area contributed by atoms with Crippen LogP contribution in [-0.4, -0.2) is 57.6 Å². The zero-order valence-electron chi connectivity index (χ0n) is 15.9. The molecule has 146 valence electrons. The van der Waals surface area contributed by atoms with E-state index in [2.05, 4.69) is 41.1 Å². The second kappa shape index (κ2) is 7.60. The van der Waals surface area contributed by atoms with E-state index in [1.165, 1.54) is 16.0 Å². The van der Waals surface area contributed by atoms with Crippen molar-refractivity contribution >= 4 is 11.3 Å². The van der Waals surface area contributed by atoms with Crippen LogP contribution in [0, 0.1) is 6.92 Å². The van der Waals surface area contributed by atoms with Crippen LogP contribution in [0.2, 0.25) is 0 Å². The Morgan fingerprint density at radius 3 is 2.74 bits per heavy atom. The van der Waals surface area contributed by atoms with Crippen molar-refractivity contribution in [1.82, 2.24) is 9.88 Å². The summed E-state index contributed by atoms with van der Waals surface area (Å²) in [5.41, 5.74) is 1.22. The molecule has 0 amide bonds. The van der Waals surface area contributed by atoms with Crippen molar-refractivity contribution in [2.24, 2.45) is 0 Å². The predicted octanol–water partition coefficient (Wildman–Crippen LogP) is 2.99. The van der Waals surface area contributed by atoms with Crippen molar-refractivity contribution in [3.8, 4) is 10.6 Å². The first-order chi connectivity index (χ1) is 13.0. The molecule has 2 aliphatic heterocycles. The van der Waals surface area contributed by atoms with Crippen molar-refractivity contribution in [1.29, 1.82) is 0 Å². The molecule has 27 heavy (non-hydrogen) atoms. The normalized spacial score (nSPS) is 25.7. The van der Waals surface area contributed by atoms with Gasteiger partial charge < -0.3 is 14.9 Å². The molecule has 2 aromatic rings. The van der Waals surface area contributed by atoms with E-state index in [1.807, 2.05) is 6.20 Å². The van der Waals surface area contributed by atoms with Crippen molar-refractivity contribution in [3.63, 3.8) is 0 Å². The molecule has 0 saturated carbocycles. The number of ether oxygens (including phenoxy) is 1. The minimum Gasteiger partial charge on any atom is -0.393 e. The third-order valence-corrected chi connectivity index (χ3v) is 7.01. The first-order valence-corrected chi connectivity index (χ1v) is 10.5. The van der Waals surface area contributed by atoms with Crippen LogP contribution in [-0.2, 0) is 11.3 Å². The van der Waals surface area contributed by atoms with Gasteiger partial charge in [-0.2, -0.15) is 0 Å². The molecule has 2 fully saturated rings. The first kappa shape index (κ1) is 19.0. The molecule has 2 aliphatic rings. The fraction of sp³-hybridized carbons (Fsp3) is 0.571. The third-order valence-electron chi connectivity index (χ3n) is 6.00. The molecule has 1 aromatic carbocycles. The smallest absolute Gasteiger partial charge is 0.123 e. The van der Waals surface area contributed by atoms with Gasteiger partial charge in [-0.3, -0.25) is 4.90 Å². The molecule has 0 aliphatic carbocycles. The van der Waals surface area contributed by atoms with Crippen molar-refractivity contribution < 1.29 is 14.9 Å². The molecular formula is C21H28N2O3S. The van der Waals surface area contributed by atoms with Crippen LogP contribution in [0.1, 0.15) is 36.1 Å². The molecular weight excluding hydrogens is 360 g/mol. The number of benzene rings is 1. The van der Waals surface area contributed by atoms with Crippen LogP contribution >= 0.6 is 11.3 Å². The molecule has 5 nitrogen and oxygen atoms in total. The number of nitrogens with zero attached hydrogens (tertiary/aromatic N) is 2. The van der Waals surface area contributed by atoms with Gasteiger partial charge in [0.2, 0.25) is 0 Å². The number of hydrogen-bond acceptors (Lipinski definition) is 6. The van der Waals surface area contributed by atoms with Crippen LogP contribution in [0.25, 0.3) is 10.6 Å². The Labute approximate surface area is 164 Å². The zero-order chi connectivity index (χ0) is 18.9. The number of aliphatic hydroxyl groups excluding tert-OH is 1. The van der Waals surface area contributed by atoms with Crippen LogP contribution in [0.3, 0.4) is 0 Å². The van der Waals surface area contributed by atoms with Crippen molar-refractivity contribution in [3.05, 3.63) is 40.9 Å². The summed E-state index contributed by atoms with van der Waals surface area (Å²) in [5, 5.41) is 21.1. The Morgan fingerprint density at radius 1 is 1.22 bits per heavy atom. The topological polar surface area (TPSA) is 65.8 Å². The molecule has 3 heterocycles. The van der Waals surface area contributed by atoms with E-state index in [0.29, 0.717) is 19.4 Å². The largest absolute Gasteiger partial charge is 0.393 e. The first-order valence-electron chi connectivity index (χ1n) is 9.71. The highest BCUT2D eigenvalue weighted by atomic mass is 32.1. The van der Waals surface area contributed by atoms with Gasteiger partial charge in [0.05, 0.1) is 24.4 Å². The summed E-state index contributed by atoms with van der Waals surface area (Å²) in [4.78, 5) is 8.35. The average molecular weight is 389 g/mol. The minimum absolute atomic E-state index is 0.176. The summed E-state index contributed by atoms with van der Waals surface area (Å²) in [6.07, 6.45) is 4.87. The van der Waals surface area contributed by atoms with Crippen LogP contribution in [0.15, 0.2) is 30.5 Å². The summed E-state index contributed by atoms with van der Waals surface area (Å²) < 4.78 is 6.07. The van der Waals surface area contributed by atoms with Crippen molar-refractivity contribution in [2.45, 2.75) is 50.4 Å². The molecule has 0 radical (unpaired) electrons. The number of piperidine rings is 1. The Morgan fingerprint density at radius 2 is 2.00 bits per heavy atom. The lowest BCUT2D eigenvalue weighted by atomic mass is 9.77. The fourth-order valence-corrected chi connectivity index (χ4v) is 5.36. The fourth-order valence-electron chi connectivity index (χ4n) is 4.31. The second-order valence-corrected chi connectivity index (χ2v) is 9.18. The third kappa shape index (κ3) is 4.10. The standard InChI is InChI=1S/C21H28N2O3S/c1-16-4-2-3-5-18(16)19-22-12-17(27-19)13-23-9-6-21(7-10-23)14-20(25,15-24)8-11-26-21/h2-5,12,24-25H,6-11,13-15H2,1H3. The van der Waals surface area contributed by atoms with Gasteiger partial charge in [0.1, 0.15) is 5.01 Å². The summed E-state index contributed by atoms with van der Waals surface area (Å²) in [7, 11) is 0. The van der Waals surface area contributed by atoms with E-state index in [9.17, 15) is 10.2 Å². The summed E-state index contributed by atoms with van der Waals surface area (Å²) in [6, 6.07) is 8.37. The van der Waals surface area contributed by atoms with Crippen LogP contribution < -0.4 is 0 Å². The summed E-state index contributed by atoms with van der Waals surface area (Å²) in [6.45, 7) is 5.27. The number of thiazole rings is 1. The van der Waals surface area contributed by atoms with E-state index in [1.54, 1.807) is 11.3 Å². The van der Waals surface area contributed by atoms with Gasteiger partial charge in [0.25, 0.3) is 0 Å². The predicted molar refractivity (Wildman–Crippen MR) is 107 cm³/mol. The average Bonchev–Trinajstić information content (AvgIpc) is 3.12. The number of aliphatic hydroxyl groups is 2. The number of rotatable bonds is 4. The molecule has 0 bridgehead atoms. The van der Waals surface area contributed by atoms with E-state index < -0.39 is 5.60 Å². The zero-order valence-corrected chi connectivity index (χ0v) is 16.7. The Balaban J connectivity index is 1.37. The van der Waals surface area contributed by atoms with Crippen molar-refractivity contribution in [2.75, 3.05) is 26.3 Å². The maximum atomic E-state index is 10.5. The lowest BCUT2D eigenvalue weighted by Gasteiger charge is -2.48. The maximum Gasteiger partial charge on any atom is 0.123 e. The SMILES string of the molecule is Cc1ccccc1-c1ncc(CN2CCC3(CC2)CC(O)(CO)CCO3)s1. The van der Waals surface area contributed by atoms with Gasteiger partial charge in [-0.1, -0.05) is 24.3 Å². The number of likely N-dealkylation sites (tertiary alicyclic amines) is 1. The molecule has 1 spiro atoms. The Kier molecular flexibility index (Phi) is 5.36. The lowest BCUT2D eigenvalue weighted by molar-refractivity contribution is -0.189. The van der Waals surface area contributed by atoms with Gasteiger partial charge in [0, 0.05) is 49.1 Å². The van der Waals surface area contributed by atoms with Gasteiger partial charge in [0.15, 0.2) is 0 Å². The number of aryl methyl sites for hydroxylation is 1. The van der Waals surface area contributed by atoms with E-state index in [-0.39, 0.29) is 12.2 Å². The van der Waals surface area contributed by atoms with E-state index in [4.69, 9.17) is 4.74 Å². The lowest BCUT2D eigenvalue weighted by Crippen LogP contribution is -2.55. The van der Waals surface area contributed by atoms with Gasteiger partial charge in [-0.05, 0) is 25.3 Å². The molecule has 1 aromatic heterocycles. The van der Waals surface area contributed by atoms with Gasteiger partial charge >= 0.3 is 0 Å². The highest BCUT2D eigenvalue weighted by Gasteiger charge is 2.46. The maximum absolute atomic E-state index is 10.5. The molecule has 1 unspecified atom stereocenters. The number of hydrogen-bond donors (Lipinski definition) is 2. The quantitative estimate of drug-likeness (QED) is 0.843. The van der Waals surface area contributed by atoms with Gasteiger partial charge in [-0.25, -0.2) is 4.98 Å².